The molecule has 0 heterocycles. The van der Waals surface area contributed by atoms with Crippen LogP contribution in [0.3, 0.4) is 0 Å². The summed E-state index contributed by atoms with van der Waals surface area (Å²) in [5.41, 5.74) is 9.21. The van der Waals surface area contributed by atoms with Crippen LogP contribution in [-0.4, -0.2) is 5.54 Å². The van der Waals surface area contributed by atoms with E-state index in [0.717, 1.165) is 18.8 Å². The molecule has 0 radical (unpaired) electrons. The van der Waals surface area contributed by atoms with Gasteiger partial charge in [0, 0.05) is 5.54 Å². The lowest BCUT2D eigenvalue weighted by molar-refractivity contribution is 0.282. The maximum atomic E-state index is 6.68. The number of rotatable bonds is 3. The highest BCUT2D eigenvalue weighted by Crippen LogP contribution is 2.37. The van der Waals surface area contributed by atoms with E-state index in [4.69, 9.17) is 5.73 Å². The average molecular weight is 261 g/mol. The highest BCUT2D eigenvalue weighted by molar-refractivity contribution is 5.38. The zero-order valence-electron chi connectivity index (χ0n) is 13.4. The monoisotopic (exact) mass is 261 g/mol. The summed E-state index contributed by atoms with van der Waals surface area (Å²) in [5, 5.41) is 0. The highest BCUT2D eigenvalue weighted by atomic mass is 14.7. The van der Waals surface area contributed by atoms with Gasteiger partial charge in [0.25, 0.3) is 0 Å². The van der Waals surface area contributed by atoms with E-state index in [9.17, 15) is 0 Å². The van der Waals surface area contributed by atoms with Crippen molar-refractivity contribution in [2.75, 3.05) is 0 Å². The molecular weight excluding hydrogens is 230 g/mol. The van der Waals surface area contributed by atoms with Crippen LogP contribution in [0, 0.1) is 11.3 Å². The molecular formula is C18H31N. The molecule has 0 aromatic carbocycles. The summed E-state index contributed by atoms with van der Waals surface area (Å²) in [6.07, 6.45) is 11.1. The second-order valence-corrected chi connectivity index (χ2v) is 7.14. The Morgan fingerprint density at radius 2 is 1.79 bits per heavy atom. The predicted molar refractivity (Wildman–Crippen MR) is 86.0 cm³/mol. The summed E-state index contributed by atoms with van der Waals surface area (Å²) in [6, 6.07) is 0. The summed E-state index contributed by atoms with van der Waals surface area (Å²) in [5.74, 6) is 0.820. The van der Waals surface area contributed by atoms with Crippen molar-refractivity contribution in [1.82, 2.24) is 0 Å². The minimum absolute atomic E-state index is 0.119. The Morgan fingerprint density at radius 1 is 1.26 bits per heavy atom. The smallest absolute Gasteiger partial charge is 0.0406 e. The van der Waals surface area contributed by atoms with E-state index in [-0.39, 0.29) is 11.0 Å². The SMILES string of the molecule is C=C/C(=C\C(=C/C)C1(N)CCC(C)CC1)C(C)(C)C. The third-order valence-electron chi connectivity index (χ3n) is 4.45. The molecule has 0 aliphatic heterocycles. The van der Waals surface area contributed by atoms with Crippen molar-refractivity contribution in [3.8, 4) is 0 Å². The largest absolute Gasteiger partial charge is 0.321 e. The normalized spacial score (nSPS) is 30.3. The van der Waals surface area contributed by atoms with Crippen molar-refractivity contribution in [3.63, 3.8) is 0 Å². The Balaban J connectivity index is 3.02. The van der Waals surface area contributed by atoms with Crippen LogP contribution in [-0.2, 0) is 0 Å². The van der Waals surface area contributed by atoms with Gasteiger partial charge in [0.05, 0.1) is 0 Å². The van der Waals surface area contributed by atoms with Crippen LogP contribution in [0.5, 0.6) is 0 Å². The minimum Gasteiger partial charge on any atom is -0.321 e. The van der Waals surface area contributed by atoms with Crippen LogP contribution in [0.4, 0.5) is 0 Å². The highest BCUT2D eigenvalue weighted by Gasteiger charge is 2.33. The predicted octanol–water partition coefficient (Wildman–Crippen LogP) is 5.00. The molecule has 19 heavy (non-hydrogen) atoms. The quantitative estimate of drug-likeness (QED) is 0.711. The molecule has 2 N–H and O–H groups in total. The fraction of sp³-hybridized carbons (Fsp3) is 0.667. The molecule has 1 rings (SSSR count). The third kappa shape index (κ3) is 4.07. The van der Waals surface area contributed by atoms with Crippen LogP contribution in [0.1, 0.15) is 60.3 Å². The fourth-order valence-electron chi connectivity index (χ4n) is 2.83. The lowest BCUT2D eigenvalue weighted by atomic mass is 9.72. The maximum absolute atomic E-state index is 6.68. The van der Waals surface area contributed by atoms with Crippen molar-refractivity contribution < 1.29 is 0 Å². The summed E-state index contributed by atoms with van der Waals surface area (Å²) in [7, 11) is 0. The Labute approximate surface area is 119 Å². The molecule has 0 atom stereocenters. The third-order valence-corrected chi connectivity index (χ3v) is 4.45. The summed E-state index contributed by atoms with van der Waals surface area (Å²) < 4.78 is 0. The molecule has 1 fully saturated rings. The molecule has 0 aromatic heterocycles. The molecule has 1 nitrogen and oxygen atoms in total. The van der Waals surface area contributed by atoms with Gasteiger partial charge in [0.1, 0.15) is 0 Å². The first-order valence-electron chi connectivity index (χ1n) is 7.53. The summed E-state index contributed by atoms with van der Waals surface area (Å²) >= 11 is 0. The maximum Gasteiger partial charge on any atom is 0.0406 e. The van der Waals surface area contributed by atoms with E-state index in [2.05, 4.69) is 53.3 Å². The van der Waals surface area contributed by atoms with Gasteiger partial charge in [0.15, 0.2) is 0 Å². The molecule has 0 aromatic rings. The first kappa shape index (κ1) is 16.2. The fourth-order valence-corrected chi connectivity index (χ4v) is 2.83. The Morgan fingerprint density at radius 3 is 2.16 bits per heavy atom. The van der Waals surface area contributed by atoms with Gasteiger partial charge in [-0.3, -0.25) is 0 Å². The number of nitrogens with two attached hydrogens (primary N) is 1. The van der Waals surface area contributed by atoms with Crippen LogP contribution >= 0.6 is 0 Å². The van der Waals surface area contributed by atoms with Crippen LogP contribution in [0.25, 0.3) is 0 Å². The number of hydrogen-bond donors (Lipinski definition) is 1. The Hall–Kier alpha value is -0.820. The van der Waals surface area contributed by atoms with E-state index in [1.807, 2.05) is 6.08 Å². The van der Waals surface area contributed by atoms with E-state index < -0.39 is 0 Å². The number of allylic oxidation sites excluding steroid dienone is 3. The van der Waals surface area contributed by atoms with Crippen LogP contribution < -0.4 is 5.73 Å². The van der Waals surface area contributed by atoms with Crippen molar-refractivity contribution >= 4 is 0 Å². The molecule has 108 valence electrons. The summed E-state index contributed by atoms with van der Waals surface area (Å²) in [4.78, 5) is 0. The molecule has 1 heteroatoms. The molecule has 1 aliphatic rings. The average Bonchev–Trinajstić information content (AvgIpc) is 2.33. The van der Waals surface area contributed by atoms with Crippen LogP contribution in [0.15, 0.2) is 36.0 Å². The molecule has 0 bridgehead atoms. The van der Waals surface area contributed by atoms with Gasteiger partial charge in [-0.1, -0.05) is 52.5 Å². The van der Waals surface area contributed by atoms with Gasteiger partial charge in [-0.2, -0.15) is 0 Å². The van der Waals surface area contributed by atoms with E-state index in [0.29, 0.717) is 0 Å². The van der Waals surface area contributed by atoms with Crippen molar-refractivity contribution in [3.05, 3.63) is 36.0 Å². The zero-order valence-corrected chi connectivity index (χ0v) is 13.4. The van der Waals surface area contributed by atoms with E-state index in [1.54, 1.807) is 0 Å². The Kier molecular flexibility index (Phi) is 5.20. The molecule has 1 saturated carbocycles. The first-order chi connectivity index (χ1) is 8.73. The minimum atomic E-state index is -0.138. The van der Waals surface area contributed by atoms with E-state index in [1.165, 1.54) is 24.0 Å². The van der Waals surface area contributed by atoms with Crippen molar-refractivity contribution in [2.24, 2.45) is 17.1 Å². The van der Waals surface area contributed by atoms with Gasteiger partial charge in [0.2, 0.25) is 0 Å². The first-order valence-corrected chi connectivity index (χ1v) is 7.53. The zero-order chi connectivity index (χ0) is 14.7. The molecule has 0 saturated heterocycles. The number of hydrogen-bond acceptors (Lipinski definition) is 1. The lowest BCUT2D eigenvalue weighted by Gasteiger charge is -2.38. The summed E-state index contributed by atoms with van der Waals surface area (Å²) in [6.45, 7) is 15.1. The van der Waals surface area contributed by atoms with Gasteiger partial charge in [-0.15, -0.1) is 0 Å². The Bertz CT molecular complexity index is 371. The lowest BCUT2D eigenvalue weighted by Crippen LogP contribution is -2.44. The second-order valence-electron chi connectivity index (χ2n) is 7.14. The van der Waals surface area contributed by atoms with Crippen molar-refractivity contribution in [2.45, 2.75) is 65.8 Å². The molecule has 0 spiro atoms. The molecule has 0 amide bonds. The standard InChI is InChI=1S/C18H31N/c1-7-15(17(4,5)6)13-16(8-2)18(19)11-9-14(3)10-12-18/h7-8,13-14H,1,9-12,19H2,2-6H3/b15-13+,16-8+. The van der Waals surface area contributed by atoms with Gasteiger partial charge in [-0.25, -0.2) is 0 Å². The van der Waals surface area contributed by atoms with Gasteiger partial charge in [-0.05, 0) is 55.1 Å². The van der Waals surface area contributed by atoms with Crippen molar-refractivity contribution in [1.29, 1.82) is 0 Å². The van der Waals surface area contributed by atoms with E-state index >= 15 is 0 Å². The molecule has 0 unspecified atom stereocenters. The topological polar surface area (TPSA) is 26.0 Å². The van der Waals surface area contributed by atoms with Crippen LogP contribution in [0.2, 0.25) is 0 Å². The van der Waals surface area contributed by atoms with Gasteiger partial charge < -0.3 is 5.73 Å². The van der Waals surface area contributed by atoms with Gasteiger partial charge >= 0.3 is 0 Å². The molecule has 1 aliphatic carbocycles. The second kappa shape index (κ2) is 6.09.